The van der Waals surface area contributed by atoms with Gasteiger partial charge in [-0.2, -0.15) is 4.72 Å². The maximum Gasteiger partial charge on any atom is 0.245 e. The summed E-state index contributed by atoms with van der Waals surface area (Å²) >= 11 is 0. The third-order valence-electron chi connectivity index (χ3n) is 3.80. The topological polar surface area (TPSA) is 77.5 Å². The molecule has 0 aliphatic heterocycles. The average Bonchev–Trinajstić information content (AvgIpc) is 2.71. The van der Waals surface area contributed by atoms with Crippen LogP contribution in [0.1, 0.15) is 6.92 Å². The zero-order valence-electron chi connectivity index (χ0n) is 15.4. The molecule has 0 unspecified atom stereocenters. The third-order valence-corrected chi connectivity index (χ3v) is 5.24. The minimum atomic E-state index is -3.70. The Kier molecular flexibility index (Phi) is 6.48. The van der Waals surface area contributed by atoms with Crippen LogP contribution in [-0.4, -0.2) is 33.2 Å². The molecule has 144 valence electrons. The summed E-state index contributed by atoms with van der Waals surface area (Å²) in [6.07, 6.45) is 1.72. The van der Waals surface area contributed by atoms with Gasteiger partial charge in [-0.3, -0.25) is 4.98 Å². The second-order valence-corrected chi connectivity index (χ2v) is 7.44. The Bertz CT molecular complexity index is 1120. The van der Waals surface area contributed by atoms with Gasteiger partial charge < -0.3 is 9.47 Å². The molecule has 0 bridgehead atoms. The van der Waals surface area contributed by atoms with Crippen molar-refractivity contribution in [3.8, 4) is 23.3 Å². The number of benzene rings is 2. The fourth-order valence-corrected chi connectivity index (χ4v) is 3.59. The standard InChI is InChI=1S/C21H20N2O4S/c1-2-26-20-9-3-4-10-21(20)28(24,25)23-14-5-6-15-27-18-12-11-17-8-7-13-22-19(17)16-18/h3-4,7-13,16,23H,2,14-15H2,1H3. The van der Waals surface area contributed by atoms with Crippen molar-refractivity contribution in [2.45, 2.75) is 11.8 Å². The number of ether oxygens (including phenoxy) is 2. The lowest BCUT2D eigenvalue weighted by molar-refractivity contribution is 0.331. The van der Waals surface area contributed by atoms with Crippen LogP contribution in [0.3, 0.4) is 0 Å². The van der Waals surface area contributed by atoms with Crippen LogP contribution in [0.4, 0.5) is 0 Å². The second kappa shape index (κ2) is 9.22. The molecule has 3 aromatic rings. The first-order valence-electron chi connectivity index (χ1n) is 8.75. The van der Waals surface area contributed by atoms with Crippen molar-refractivity contribution in [1.82, 2.24) is 9.71 Å². The van der Waals surface area contributed by atoms with Crippen molar-refractivity contribution in [3.05, 3.63) is 60.8 Å². The normalized spacial score (nSPS) is 10.9. The van der Waals surface area contributed by atoms with Gasteiger partial charge in [0.25, 0.3) is 0 Å². The van der Waals surface area contributed by atoms with Crippen molar-refractivity contribution in [3.63, 3.8) is 0 Å². The Labute approximate surface area is 164 Å². The van der Waals surface area contributed by atoms with Crippen molar-refractivity contribution >= 4 is 20.9 Å². The van der Waals surface area contributed by atoms with Gasteiger partial charge in [0.15, 0.2) is 0 Å². The van der Waals surface area contributed by atoms with Crippen molar-refractivity contribution in [2.75, 3.05) is 19.8 Å². The van der Waals surface area contributed by atoms with E-state index in [-0.39, 0.29) is 18.0 Å². The van der Waals surface area contributed by atoms with Crippen molar-refractivity contribution < 1.29 is 17.9 Å². The van der Waals surface area contributed by atoms with Crippen LogP contribution in [-0.2, 0) is 10.0 Å². The molecular weight excluding hydrogens is 376 g/mol. The third kappa shape index (κ3) is 5.00. The smallest absolute Gasteiger partial charge is 0.245 e. The molecule has 0 radical (unpaired) electrons. The van der Waals surface area contributed by atoms with E-state index in [9.17, 15) is 8.42 Å². The van der Waals surface area contributed by atoms with Gasteiger partial charge in [-0.1, -0.05) is 30.0 Å². The number of sulfonamides is 1. The quantitative estimate of drug-likeness (QED) is 0.621. The number of nitrogens with one attached hydrogen (secondary N) is 1. The maximum atomic E-state index is 12.4. The number of rotatable bonds is 7. The summed E-state index contributed by atoms with van der Waals surface area (Å²) in [6, 6.07) is 16.0. The molecule has 0 fully saturated rings. The predicted molar refractivity (Wildman–Crippen MR) is 108 cm³/mol. The average molecular weight is 396 g/mol. The molecule has 1 heterocycles. The zero-order valence-corrected chi connectivity index (χ0v) is 16.2. The zero-order chi connectivity index (χ0) is 19.8. The first-order chi connectivity index (χ1) is 13.6. The van der Waals surface area contributed by atoms with Crippen LogP contribution < -0.4 is 14.2 Å². The molecule has 0 saturated heterocycles. The van der Waals surface area contributed by atoms with Gasteiger partial charge in [0.1, 0.15) is 23.0 Å². The summed E-state index contributed by atoms with van der Waals surface area (Å²) in [6.45, 7) is 2.31. The van der Waals surface area contributed by atoms with Gasteiger partial charge in [-0.25, -0.2) is 8.42 Å². The fourth-order valence-electron chi connectivity index (χ4n) is 2.52. The van der Waals surface area contributed by atoms with Gasteiger partial charge in [0.05, 0.1) is 18.7 Å². The highest BCUT2D eigenvalue weighted by Gasteiger charge is 2.18. The number of fused-ring (bicyclic) bond motifs is 1. The molecule has 7 heteroatoms. The van der Waals surface area contributed by atoms with Gasteiger partial charge in [0, 0.05) is 17.6 Å². The van der Waals surface area contributed by atoms with E-state index < -0.39 is 10.0 Å². The summed E-state index contributed by atoms with van der Waals surface area (Å²) in [5.74, 6) is 6.52. The Balaban J connectivity index is 1.54. The molecule has 0 aliphatic rings. The highest BCUT2D eigenvalue weighted by molar-refractivity contribution is 7.89. The largest absolute Gasteiger partial charge is 0.492 e. The minimum Gasteiger partial charge on any atom is -0.492 e. The number of para-hydroxylation sites is 1. The molecule has 0 saturated carbocycles. The Hall–Kier alpha value is -3.08. The number of hydrogen-bond donors (Lipinski definition) is 1. The van der Waals surface area contributed by atoms with E-state index >= 15 is 0 Å². The van der Waals surface area contributed by atoms with Crippen LogP contribution in [0.15, 0.2) is 65.7 Å². The van der Waals surface area contributed by atoms with Gasteiger partial charge in [-0.15, -0.1) is 0 Å². The van der Waals surface area contributed by atoms with E-state index in [1.54, 1.807) is 31.3 Å². The van der Waals surface area contributed by atoms with Gasteiger partial charge >= 0.3 is 0 Å². The number of nitrogens with zero attached hydrogens (tertiary/aromatic N) is 1. The summed E-state index contributed by atoms with van der Waals surface area (Å²) in [7, 11) is -3.70. The fraction of sp³-hybridized carbons (Fsp3) is 0.190. The monoisotopic (exact) mass is 396 g/mol. The lowest BCUT2D eigenvalue weighted by atomic mass is 10.2. The minimum absolute atomic E-state index is 0.0224. The highest BCUT2D eigenvalue weighted by atomic mass is 32.2. The summed E-state index contributed by atoms with van der Waals surface area (Å²) in [4.78, 5) is 4.37. The SMILES string of the molecule is CCOc1ccccc1S(=O)(=O)NCC#CCOc1ccc2cccnc2c1. The van der Waals surface area contributed by atoms with E-state index in [1.807, 2.05) is 30.3 Å². The van der Waals surface area contributed by atoms with Crippen LogP contribution >= 0.6 is 0 Å². The van der Waals surface area contributed by atoms with Gasteiger partial charge in [0.2, 0.25) is 10.0 Å². The van der Waals surface area contributed by atoms with E-state index in [0.717, 1.165) is 10.9 Å². The predicted octanol–water partition coefficient (Wildman–Crippen LogP) is 2.99. The Morgan fingerprint density at radius 1 is 1.04 bits per heavy atom. The molecule has 0 spiro atoms. The van der Waals surface area contributed by atoms with Crippen LogP contribution in [0, 0.1) is 11.8 Å². The Morgan fingerprint density at radius 2 is 1.89 bits per heavy atom. The number of aromatic nitrogens is 1. The summed E-state index contributed by atoms with van der Waals surface area (Å²) in [5.41, 5.74) is 0.841. The molecule has 0 aliphatic carbocycles. The van der Waals surface area contributed by atoms with Crippen molar-refractivity contribution in [1.29, 1.82) is 0 Å². The molecule has 2 aromatic carbocycles. The highest BCUT2D eigenvalue weighted by Crippen LogP contribution is 2.22. The van der Waals surface area contributed by atoms with Crippen LogP contribution in [0.5, 0.6) is 11.5 Å². The molecule has 0 amide bonds. The Morgan fingerprint density at radius 3 is 2.75 bits per heavy atom. The van der Waals surface area contributed by atoms with Gasteiger partial charge in [-0.05, 0) is 37.3 Å². The summed E-state index contributed by atoms with van der Waals surface area (Å²) < 4.78 is 38.2. The van der Waals surface area contributed by atoms with Crippen molar-refractivity contribution in [2.24, 2.45) is 0 Å². The summed E-state index contributed by atoms with van der Waals surface area (Å²) in [5, 5.41) is 1.03. The van der Waals surface area contributed by atoms with E-state index in [0.29, 0.717) is 18.1 Å². The molecule has 28 heavy (non-hydrogen) atoms. The van der Waals surface area contributed by atoms with E-state index in [1.165, 1.54) is 6.07 Å². The number of hydrogen-bond acceptors (Lipinski definition) is 5. The molecule has 3 rings (SSSR count). The number of pyridine rings is 1. The van der Waals surface area contributed by atoms with E-state index in [2.05, 4.69) is 21.5 Å². The van der Waals surface area contributed by atoms with Crippen LogP contribution in [0.2, 0.25) is 0 Å². The molecule has 0 atom stereocenters. The molecule has 1 N–H and O–H groups in total. The molecular formula is C21H20N2O4S. The first kappa shape index (κ1) is 19.7. The van der Waals surface area contributed by atoms with Crippen LogP contribution in [0.25, 0.3) is 10.9 Å². The molecule has 1 aromatic heterocycles. The van der Waals surface area contributed by atoms with E-state index in [4.69, 9.17) is 9.47 Å². The second-order valence-electron chi connectivity index (χ2n) is 5.70. The lowest BCUT2D eigenvalue weighted by Crippen LogP contribution is -2.24. The first-order valence-corrected chi connectivity index (χ1v) is 10.2. The molecule has 6 nitrogen and oxygen atoms in total. The lowest BCUT2D eigenvalue weighted by Gasteiger charge is -2.10. The maximum absolute atomic E-state index is 12.4.